The molecule has 0 spiro atoms. The maximum absolute atomic E-state index is 13.2. The lowest BCUT2D eigenvalue weighted by Crippen LogP contribution is -2.54. The quantitative estimate of drug-likeness (QED) is 0.553. The highest BCUT2D eigenvalue weighted by Gasteiger charge is 2.45. The van der Waals surface area contributed by atoms with E-state index in [1.807, 2.05) is 6.07 Å². The summed E-state index contributed by atoms with van der Waals surface area (Å²) in [6, 6.07) is 5.42. The van der Waals surface area contributed by atoms with Crippen molar-refractivity contribution in [3.8, 4) is 0 Å². The Labute approximate surface area is 193 Å². The smallest absolute Gasteiger partial charge is 0.262 e. The van der Waals surface area contributed by atoms with Gasteiger partial charge in [-0.15, -0.1) is 0 Å². The lowest BCUT2D eigenvalue weighted by atomic mass is 9.98. The molecule has 4 heterocycles. The first-order valence-corrected chi connectivity index (χ1v) is 12.0. The summed E-state index contributed by atoms with van der Waals surface area (Å²) in [5.41, 5.74) is 1.50. The van der Waals surface area contributed by atoms with Crippen molar-refractivity contribution in [3.05, 3.63) is 34.9 Å². The van der Waals surface area contributed by atoms with Crippen LogP contribution >= 0.6 is 0 Å². The monoisotopic (exact) mass is 453 g/mol. The van der Waals surface area contributed by atoms with Gasteiger partial charge in [-0.3, -0.25) is 29.4 Å². The molecule has 4 aliphatic rings. The molecule has 0 aromatic heterocycles. The fourth-order valence-electron chi connectivity index (χ4n) is 5.63. The summed E-state index contributed by atoms with van der Waals surface area (Å²) in [6.45, 7) is 4.87. The Morgan fingerprint density at radius 3 is 2.42 bits per heavy atom. The van der Waals surface area contributed by atoms with Gasteiger partial charge in [0.05, 0.1) is 11.1 Å². The van der Waals surface area contributed by atoms with Crippen molar-refractivity contribution in [1.82, 2.24) is 25.8 Å². The number of nitrogens with zero attached hydrogens (tertiary/aromatic N) is 2. The van der Waals surface area contributed by atoms with Crippen LogP contribution in [0.25, 0.3) is 0 Å². The molecule has 9 nitrogen and oxygen atoms in total. The first-order valence-electron chi connectivity index (χ1n) is 12.0. The van der Waals surface area contributed by atoms with Crippen LogP contribution in [0.15, 0.2) is 18.2 Å². The Balaban J connectivity index is 1.23. The molecule has 3 saturated heterocycles. The van der Waals surface area contributed by atoms with Crippen LogP contribution in [-0.4, -0.2) is 77.7 Å². The number of hydrogen-bond acceptors (Lipinski definition) is 7. The van der Waals surface area contributed by atoms with Crippen molar-refractivity contribution in [3.63, 3.8) is 0 Å². The predicted molar refractivity (Wildman–Crippen MR) is 120 cm³/mol. The van der Waals surface area contributed by atoms with Gasteiger partial charge in [-0.25, -0.2) is 0 Å². The van der Waals surface area contributed by atoms with Crippen LogP contribution in [0.3, 0.4) is 0 Å². The second-order valence-corrected chi connectivity index (χ2v) is 9.46. The van der Waals surface area contributed by atoms with Crippen LogP contribution in [0, 0.1) is 0 Å². The molecular formula is C24H31N5O4. The van der Waals surface area contributed by atoms with Crippen LogP contribution in [-0.2, 0) is 16.1 Å². The number of carbonyl (C=O) groups is 4. The molecule has 5 rings (SSSR count). The predicted octanol–water partition coefficient (Wildman–Crippen LogP) is 0.394. The minimum Gasteiger partial charge on any atom is -0.317 e. The van der Waals surface area contributed by atoms with Gasteiger partial charge in [0.1, 0.15) is 6.04 Å². The minimum atomic E-state index is -0.935. The first kappa shape index (κ1) is 22.2. The van der Waals surface area contributed by atoms with Gasteiger partial charge in [0.15, 0.2) is 0 Å². The van der Waals surface area contributed by atoms with E-state index in [0.29, 0.717) is 29.8 Å². The Morgan fingerprint density at radius 1 is 0.939 bits per heavy atom. The van der Waals surface area contributed by atoms with E-state index in [1.54, 1.807) is 12.1 Å². The summed E-state index contributed by atoms with van der Waals surface area (Å²) in [7, 11) is 0. The molecule has 176 valence electrons. The maximum Gasteiger partial charge on any atom is 0.262 e. The third kappa shape index (κ3) is 4.32. The number of likely N-dealkylation sites (tertiary alicyclic amines) is 1. The van der Waals surface area contributed by atoms with Crippen molar-refractivity contribution >= 4 is 23.6 Å². The minimum absolute atomic E-state index is 0.119. The van der Waals surface area contributed by atoms with Crippen LogP contribution in [0.1, 0.15) is 64.8 Å². The summed E-state index contributed by atoms with van der Waals surface area (Å²) in [5, 5.41) is 9.26. The van der Waals surface area contributed by atoms with Crippen LogP contribution < -0.4 is 16.0 Å². The summed E-state index contributed by atoms with van der Waals surface area (Å²) in [6.07, 6.45) is 4.85. The number of fused-ring (bicyclic) bond motifs is 1. The van der Waals surface area contributed by atoms with Gasteiger partial charge in [0.2, 0.25) is 11.8 Å². The van der Waals surface area contributed by atoms with Gasteiger partial charge < -0.3 is 15.5 Å². The fraction of sp³-hybridized carbons (Fsp3) is 0.583. The molecular weight excluding hydrogens is 422 g/mol. The molecule has 0 bridgehead atoms. The zero-order valence-electron chi connectivity index (χ0n) is 18.8. The van der Waals surface area contributed by atoms with E-state index >= 15 is 0 Å². The second-order valence-electron chi connectivity index (χ2n) is 9.46. The second kappa shape index (κ2) is 9.32. The summed E-state index contributed by atoms with van der Waals surface area (Å²) in [5.74, 6) is -1.85. The van der Waals surface area contributed by atoms with Crippen LogP contribution in [0.5, 0.6) is 0 Å². The number of hydrogen-bond donors (Lipinski definition) is 3. The SMILES string of the molecule is O=C1CCC(N2C(=O)c3cccc(CNC4CCN(C5CCNCC5)CC4)c3C2=O)C(=O)N1. The lowest BCUT2D eigenvalue weighted by molar-refractivity contribution is -0.136. The van der Waals surface area contributed by atoms with Crippen molar-refractivity contribution < 1.29 is 19.2 Å². The number of rotatable bonds is 5. The molecule has 1 unspecified atom stereocenters. The first-order chi connectivity index (χ1) is 16.0. The molecule has 0 aliphatic carbocycles. The van der Waals surface area contributed by atoms with E-state index in [4.69, 9.17) is 0 Å². The molecule has 1 atom stereocenters. The zero-order chi connectivity index (χ0) is 22.9. The topological polar surface area (TPSA) is 111 Å². The molecule has 4 aliphatic heterocycles. The molecule has 3 fully saturated rings. The summed E-state index contributed by atoms with van der Waals surface area (Å²) >= 11 is 0. The Kier molecular flexibility index (Phi) is 6.27. The highest BCUT2D eigenvalue weighted by molar-refractivity contribution is 6.24. The van der Waals surface area contributed by atoms with E-state index in [1.165, 1.54) is 12.8 Å². The molecule has 0 saturated carbocycles. The summed E-state index contributed by atoms with van der Waals surface area (Å²) in [4.78, 5) is 53.6. The summed E-state index contributed by atoms with van der Waals surface area (Å²) < 4.78 is 0. The van der Waals surface area contributed by atoms with Crippen LogP contribution in [0.2, 0.25) is 0 Å². The standard InChI is InChI=1S/C24H31N5O4/c30-20-5-4-19(22(31)27-20)29-23(32)18-3-1-2-15(21(18)24(29)33)14-26-16-8-12-28(13-9-16)17-6-10-25-11-7-17/h1-3,16-17,19,25-26H,4-14H2,(H,27,30,31). The molecule has 33 heavy (non-hydrogen) atoms. The fourth-order valence-corrected chi connectivity index (χ4v) is 5.63. The number of nitrogens with one attached hydrogen (secondary N) is 3. The Bertz CT molecular complexity index is 966. The number of piperidine rings is 3. The van der Waals surface area contributed by atoms with Crippen molar-refractivity contribution in [2.45, 2.75) is 63.2 Å². The van der Waals surface area contributed by atoms with Gasteiger partial charge in [0.25, 0.3) is 11.8 Å². The number of carbonyl (C=O) groups excluding carboxylic acids is 4. The van der Waals surface area contributed by atoms with Crippen molar-refractivity contribution in [2.24, 2.45) is 0 Å². The molecule has 3 N–H and O–H groups in total. The van der Waals surface area contributed by atoms with E-state index in [0.717, 1.165) is 49.5 Å². The molecule has 1 aromatic rings. The highest BCUT2D eigenvalue weighted by atomic mass is 16.2. The average molecular weight is 454 g/mol. The third-order valence-electron chi connectivity index (χ3n) is 7.49. The van der Waals surface area contributed by atoms with Gasteiger partial charge in [-0.05, 0) is 69.9 Å². The molecule has 0 radical (unpaired) electrons. The third-order valence-corrected chi connectivity index (χ3v) is 7.49. The van der Waals surface area contributed by atoms with Crippen molar-refractivity contribution in [1.29, 1.82) is 0 Å². The van der Waals surface area contributed by atoms with Gasteiger partial charge in [-0.2, -0.15) is 0 Å². The van der Waals surface area contributed by atoms with Crippen LogP contribution in [0.4, 0.5) is 0 Å². The number of imide groups is 2. The average Bonchev–Trinajstić information content (AvgIpc) is 3.09. The molecule has 9 heteroatoms. The van der Waals surface area contributed by atoms with Gasteiger partial charge >= 0.3 is 0 Å². The Morgan fingerprint density at radius 2 is 1.70 bits per heavy atom. The van der Waals surface area contributed by atoms with Gasteiger partial charge in [0, 0.05) is 25.0 Å². The largest absolute Gasteiger partial charge is 0.317 e. The highest BCUT2D eigenvalue weighted by Crippen LogP contribution is 2.30. The van der Waals surface area contributed by atoms with E-state index in [-0.39, 0.29) is 18.7 Å². The zero-order valence-corrected chi connectivity index (χ0v) is 18.8. The van der Waals surface area contributed by atoms with Gasteiger partial charge in [-0.1, -0.05) is 12.1 Å². The normalized spacial score (nSPS) is 25.5. The van der Waals surface area contributed by atoms with Crippen molar-refractivity contribution in [2.75, 3.05) is 26.2 Å². The van der Waals surface area contributed by atoms with E-state index < -0.39 is 23.8 Å². The maximum atomic E-state index is 13.2. The molecule has 1 aromatic carbocycles. The van der Waals surface area contributed by atoms with E-state index in [2.05, 4.69) is 20.9 Å². The Hall–Kier alpha value is -2.62. The number of amides is 4. The number of benzene rings is 1. The lowest BCUT2D eigenvalue weighted by Gasteiger charge is -2.39. The molecule has 4 amide bonds. The van der Waals surface area contributed by atoms with E-state index in [9.17, 15) is 19.2 Å².